The minimum Gasteiger partial charge on any atom is -0.376 e. The fraction of sp³-hybridized carbons (Fsp3) is 0.311. The molecule has 4 aromatic carbocycles. The SMILES string of the molecule is NCc1cccc(-n2cncn2)c1.O=C1CC2(CCN(C(=O)NCc3cccc(-n4cncn4)c3)CC2)Nc2c(F)cc(F)cc21.O=C1CC2(CCNCC2)Nc2c(F)cc(F)cc21. The third kappa shape index (κ3) is 9.79. The zero-order valence-corrected chi connectivity index (χ0v) is 34.7. The summed E-state index contributed by atoms with van der Waals surface area (Å²) in [6, 6.07) is 19.1. The normalized spacial score (nSPS) is 16.9. The van der Waals surface area contributed by atoms with E-state index in [9.17, 15) is 31.9 Å². The van der Waals surface area contributed by atoms with E-state index in [0.717, 1.165) is 72.7 Å². The van der Waals surface area contributed by atoms with Crippen LogP contribution >= 0.6 is 0 Å². The number of nitrogens with two attached hydrogens (primary N) is 1. The molecular formula is C45H46F4N12O3. The molecule has 0 saturated carbocycles. The molecule has 2 amide bonds. The number of rotatable bonds is 5. The molecule has 10 rings (SSSR count). The van der Waals surface area contributed by atoms with E-state index in [1.165, 1.54) is 12.7 Å². The zero-order valence-electron chi connectivity index (χ0n) is 34.7. The summed E-state index contributed by atoms with van der Waals surface area (Å²) in [5, 5.41) is 20.5. The molecular weight excluding hydrogens is 833 g/mol. The lowest BCUT2D eigenvalue weighted by Gasteiger charge is -2.45. The molecule has 2 spiro atoms. The molecule has 2 fully saturated rings. The van der Waals surface area contributed by atoms with Crippen molar-refractivity contribution in [2.75, 3.05) is 36.8 Å². The molecule has 4 aliphatic rings. The van der Waals surface area contributed by atoms with E-state index < -0.39 is 28.8 Å². The standard InChI is InChI=1S/C23H22F2N6O2.C13H14F2N2O.C9H10N4/c24-16-9-18-20(32)11-23(29-21(18)19(25)10-16)4-6-30(7-5-23)22(33)27-12-15-2-1-3-17(8-15)31-14-26-13-28-31;14-8-5-9-11(18)7-13(1-3-16-4-2-13)17-12(9)10(15)6-8;10-5-8-2-1-3-9(4-8)13-7-11-6-12-13/h1-3,8-10,13-14,29H,4-7,11-12H2,(H,27,33);5-6,16-17H,1-4,7H2;1-4,6-7H,5,10H2. The van der Waals surface area contributed by atoms with Crippen molar-refractivity contribution in [2.45, 2.75) is 62.7 Å². The van der Waals surface area contributed by atoms with Gasteiger partial charge in [-0.25, -0.2) is 41.7 Å². The Bertz CT molecular complexity index is 2630. The summed E-state index contributed by atoms with van der Waals surface area (Å²) < 4.78 is 58.1. The van der Waals surface area contributed by atoms with E-state index in [0.29, 0.717) is 45.4 Å². The van der Waals surface area contributed by atoms with Crippen molar-refractivity contribution in [3.05, 3.63) is 144 Å². The molecule has 6 aromatic rings. The third-order valence-corrected chi connectivity index (χ3v) is 11.9. The molecule has 6 N–H and O–H groups in total. The molecule has 2 saturated heterocycles. The number of urea groups is 1. The number of nitrogens with one attached hydrogen (secondary N) is 4. The maximum Gasteiger partial charge on any atom is 0.317 e. The number of fused-ring (bicyclic) bond motifs is 2. The minimum atomic E-state index is -0.772. The van der Waals surface area contributed by atoms with Gasteiger partial charge in [0.2, 0.25) is 0 Å². The van der Waals surface area contributed by atoms with Crippen LogP contribution in [-0.2, 0) is 13.1 Å². The molecule has 0 unspecified atom stereocenters. The van der Waals surface area contributed by atoms with Crippen molar-refractivity contribution in [1.82, 2.24) is 45.1 Å². The molecule has 332 valence electrons. The number of likely N-dealkylation sites (tertiary alicyclic amines) is 1. The van der Waals surface area contributed by atoms with Gasteiger partial charge in [0.05, 0.1) is 22.7 Å². The number of halogens is 4. The third-order valence-electron chi connectivity index (χ3n) is 11.9. The first-order chi connectivity index (χ1) is 30.9. The Morgan fingerprint density at radius 2 is 1.19 bits per heavy atom. The van der Waals surface area contributed by atoms with Crippen molar-refractivity contribution in [3.63, 3.8) is 0 Å². The summed E-state index contributed by atoms with van der Waals surface area (Å²) >= 11 is 0. The highest BCUT2D eigenvalue weighted by Crippen LogP contribution is 2.40. The number of carbonyl (C=O) groups is 3. The monoisotopic (exact) mass is 878 g/mol. The maximum absolute atomic E-state index is 14.3. The smallest absolute Gasteiger partial charge is 0.317 e. The van der Waals surface area contributed by atoms with Crippen molar-refractivity contribution in [2.24, 2.45) is 5.73 Å². The van der Waals surface area contributed by atoms with Gasteiger partial charge in [0, 0.05) is 73.4 Å². The van der Waals surface area contributed by atoms with E-state index in [4.69, 9.17) is 5.73 Å². The van der Waals surface area contributed by atoms with Gasteiger partial charge in [-0.3, -0.25) is 9.59 Å². The topological polar surface area (TPSA) is 190 Å². The molecule has 0 atom stereocenters. The Balaban J connectivity index is 0.000000150. The summed E-state index contributed by atoms with van der Waals surface area (Å²) in [7, 11) is 0. The highest BCUT2D eigenvalue weighted by Gasteiger charge is 2.43. The molecule has 0 aliphatic carbocycles. The molecule has 4 aliphatic heterocycles. The summed E-state index contributed by atoms with van der Waals surface area (Å²) in [5.41, 5.74) is 8.77. The number of nitrogens with zero attached hydrogens (tertiary/aromatic N) is 7. The van der Waals surface area contributed by atoms with Gasteiger partial charge < -0.3 is 31.9 Å². The number of benzene rings is 4. The second-order valence-corrected chi connectivity index (χ2v) is 16.3. The van der Waals surface area contributed by atoms with Crippen molar-refractivity contribution in [3.8, 4) is 11.4 Å². The Morgan fingerprint density at radius 3 is 1.69 bits per heavy atom. The Labute approximate surface area is 365 Å². The van der Waals surface area contributed by atoms with Crippen molar-refractivity contribution in [1.29, 1.82) is 0 Å². The Hall–Kier alpha value is -6.99. The van der Waals surface area contributed by atoms with Crippen LogP contribution in [-0.4, -0.2) is 89.3 Å². The lowest BCUT2D eigenvalue weighted by molar-refractivity contribution is 0.0910. The van der Waals surface area contributed by atoms with Gasteiger partial charge in [-0.1, -0.05) is 24.3 Å². The van der Waals surface area contributed by atoms with Gasteiger partial charge in [0.15, 0.2) is 11.6 Å². The van der Waals surface area contributed by atoms with Gasteiger partial charge in [-0.05, 0) is 86.3 Å². The van der Waals surface area contributed by atoms with Gasteiger partial charge >= 0.3 is 6.03 Å². The van der Waals surface area contributed by atoms with Gasteiger partial charge in [-0.15, -0.1) is 0 Å². The number of amides is 2. The second kappa shape index (κ2) is 18.8. The fourth-order valence-electron chi connectivity index (χ4n) is 8.52. The van der Waals surface area contributed by atoms with Crippen LogP contribution in [0.5, 0.6) is 0 Å². The molecule has 2 aromatic heterocycles. The van der Waals surface area contributed by atoms with Crippen LogP contribution in [0, 0.1) is 23.3 Å². The highest BCUT2D eigenvalue weighted by molar-refractivity contribution is 6.05. The Morgan fingerprint density at radius 1 is 0.688 bits per heavy atom. The predicted octanol–water partition coefficient (Wildman–Crippen LogP) is 6.10. The van der Waals surface area contributed by atoms with Crippen LogP contribution in [0.4, 0.5) is 33.7 Å². The van der Waals surface area contributed by atoms with Gasteiger partial charge in [0.25, 0.3) is 0 Å². The van der Waals surface area contributed by atoms with Crippen molar-refractivity contribution < 1.29 is 31.9 Å². The fourth-order valence-corrected chi connectivity index (χ4v) is 8.52. The summed E-state index contributed by atoms with van der Waals surface area (Å²) in [5.74, 6) is -3.39. The summed E-state index contributed by atoms with van der Waals surface area (Å²) in [6.07, 6.45) is 9.21. The van der Waals surface area contributed by atoms with Crippen LogP contribution < -0.4 is 27.0 Å². The molecule has 6 heterocycles. The van der Waals surface area contributed by atoms with Crippen LogP contribution in [0.3, 0.4) is 0 Å². The first-order valence-electron chi connectivity index (χ1n) is 20.8. The Kier molecular flexibility index (Phi) is 12.8. The number of hydrogen-bond donors (Lipinski definition) is 5. The van der Waals surface area contributed by atoms with Crippen LogP contribution in [0.1, 0.15) is 70.4 Å². The number of anilines is 2. The molecule has 15 nitrogen and oxygen atoms in total. The lowest BCUT2D eigenvalue weighted by Crippen LogP contribution is -2.55. The zero-order chi connectivity index (χ0) is 44.8. The number of ketones is 2. The van der Waals surface area contributed by atoms with Crippen LogP contribution in [0.15, 0.2) is 98.1 Å². The number of aromatic nitrogens is 6. The molecule has 0 radical (unpaired) electrons. The molecule has 64 heavy (non-hydrogen) atoms. The highest BCUT2D eigenvalue weighted by atomic mass is 19.1. The second-order valence-electron chi connectivity index (χ2n) is 16.3. The average Bonchev–Trinajstić information content (AvgIpc) is 4.05. The van der Waals surface area contributed by atoms with Crippen molar-refractivity contribution >= 4 is 29.0 Å². The molecule has 0 bridgehead atoms. The first kappa shape index (κ1) is 43.7. The van der Waals surface area contributed by atoms with E-state index in [1.54, 1.807) is 26.9 Å². The van der Waals surface area contributed by atoms with Gasteiger partial charge in [-0.2, -0.15) is 10.2 Å². The first-order valence-corrected chi connectivity index (χ1v) is 20.8. The van der Waals surface area contributed by atoms with E-state index in [-0.39, 0.29) is 52.1 Å². The summed E-state index contributed by atoms with van der Waals surface area (Å²) in [4.78, 5) is 46.9. The number of carbonyl (C=O) groups excluding carboxylic acids is 3. The van der Waals surface area contributed by atoms with E-state index >= 15 is 0 Å². The number of Topliss-reactive ketones (excluding diaryl/α,β-unsaturated/α-hetero) is 2. The largest absolute Gasteiger partial charge is 0.376 e. The number of piperidine rings is 2. The number of hydrogen-bond acceptors (Lipinski definition) is 11. The van der Waals surface area contributed by atoms with Crippen LogP contribution in [0.25, 0.3) is 11.4 Å². The van der Waals surface area contributed by atoms with Crippen LogP contribution in [0.2, 0.25) is 0 Å². The quantitative estimate of drug-likeness (QED) is 0.126. The maximum atomic E-state index is 14.3. The lowest BCUT2D eigenvalue weighted by atomic mass is 9.78. The van der Waals surface area contributed by atoms with E-state index in [1.807, 2.05) is 48.5 Å². The van der Waals surface area contributed by atoms with Gasteiger partial charge in [0.1, 0.15) is 48.6 Å². The predicted molar refractivity (Wildman–Crippen MR) is 229 cm³/mol. The summed E-state index contributed by atoms with van der Waals surface area (Å²) in [6.45, 7) is 3.34. The van der Waals surface area contributed by atoms with E-state index in [2.05, 4.69) is 41.4 Å². The minimum absolute atomic E-state index is 0.0476. The molecule has 19 heteroatoms. The average molecular weight is 879 g/mol.